The quantitative estimate of drug-likeness (QED) is 0.660. The number of rotatable bonds is 6. The summed E-state index contributed by atoms with van der Waals surface area (Å²) >= 11 is 0. The lowest BCUT2D eigenvalue weighted by Crippen LogP contribution is -2.60. The van der Waals surface area contributed by atoms with E-state index in [1.165, 1.54) is 19.3 Å². The van der Waals surface area contributed by atoms with Crippen molar-refractivity contribution in [2.45, 2.75) is 95.9 Å². The number of hydrogen-bond donors (Lipinski definition) is 1. The van der Waals surface area contributed by atoms with E-state index in [2.05, 4.69) is 41.5 Å². The van der Waals surface area contributed by atoms with Crippen LogP contribution in [-0.2, 0) is 4.43 Å². The number of aliphatic hydroxyl groups is 1. The Balaban J connectivity index is 1.76. The maximum absolute atomic E-state index is 11.3. The van der Waals surface area contributed by atoms with Gasteiger partial charge >= 0.3 is 0 Å². The van der Waals surface area contributed by atoms with Gasteiger partial charge in [0.2, 0.25) is 0 Å². The lowest BCUT2D eigenvalue weighted by Gasteiger charge is -2.59. The third-order valence-corrected chi connectivity index (χ3v) is 13.8. The van der Waals surface area contributed by atoms with Crippen LogP contribution in [0.25, 0.3) is 0 Å². The van der Waals surface area contributed by atoms with Crippen LogP contribution in [0.15, 0.2) is 0 Å². The highest BCUT2D eigenvalue weighted by molar-refractivity contribution is 6.77. The molecule has 4 rings (SSSR count). The first kappa shape index (κ1) is 17.9. The van der Waals surface area contributed by atoms with Crippen molar-refractivity contribution in [3.05, 3.63) is 0 Å². The van der Waals surface area contributed by atoms with E-state index in [0.29, 0.717) is 22.5 Å². The highest BCUT2D eigenvalue weighted by Crippen LogP contribution is 2.59. The van der Waals surface area contributed by atoms with Crippen LogP contribution < -0.4 is 0 Å². The summed E-state index contributed by atoms with van der Waals surface area (Å²) in [7, 11) is -1.81. The molecule has 3 heteroatoms. The molecule has 0 amide bonds. The number of hydrogen-bond acceptors (Lipinski definition) is 2. The van der Waals surface area contributed by atoms with E-state index in [1.54, 1.807) is 0 Å². The van der Waals surface area contributed by atoms with Crippen molar-refractivity contribution < 1.29 is 9.53 Å². The molecule has 23 heavy (non-hydrogen) atoms. The molecule has 0 aromatic rings. The Morgan fingerprint density at radius 1 is 0.913 bits per heavy atom. The molecule has 4 aliphatic rings. The van der Waals surface area contributed by atoms with Crippen molar-refractivity contribution in [1.82, 2.24) is 0 Å². The summed E-state index contributed by atoms with van der Waals surface area (Å²) in [5.41, 5.74) is 1.50. The molecule has 4 saturated carbocycles. The molecule has 0 spiro atoms. The largest absolute Gasteiger partial charge is 0.416 e. The first-order chi connectivity index (χ1) is 10.7. The Labute approximate surface area is 144 Å². The third kappa shape index (κ3) is 2.85. The molecule has 0 aromatic heterocycles. The van der Waals surface area contributed by atoms with E-state index < -0.39 is 13.9 Å². The average Bonchev–Trinajstić information content (AvgIpc) is 2.39. The lowest BCUT2D eigenvalue weighted by molar-refractivity contribution is -0.180. The van der Waals surface area contributed by atoms with Crippen LogP contribution in [0.2, 0.25) is 16.6 Å². The van der Waals surface area contributed by atoms with Gasteiger partial charge in [-0.3, -0.25) is 0 Å². The maximum Gasteiger partial charge on any atom is 0.200 e. The summed E-state index contributed by atoms with van der Waals surface area (Å²) in [5.74, 6) is 2.73. The molecule has 0 aliphatic heterocycles. The van der Waals surface area contributed by atoms with E-state index in [4.69, 9.17) is 4.43 Å². The molecule has 134 valence electrons. The van der Waals surface area contributed by atoms with Crippen LogP contribution in [0.5, 0.6) is 0 Å². The fourth-order valence-corrected chi connectivity index (χ4v) is 12.6. The Hall–Kier alpha value is 0.137. The molecule has 0 heterocycles. The van der Waals surface area contributed by atoms with Gasteiger partial charge in [-0.1, -0.05) is 41.5 Å². The van der Waals surface area contributed by atoms with Gasteiger partial charge in [0.25, 0.3) is 0 Å². The summed E-state index contributed by atoms with van der Waals surface area (Å²) in [6.45, 7) is 15.0. The van der Waals surface area contributed by atoms with E-state index in [0.717, 1.165) is 37.2 Å². The van der Waals surface area contributed by atoms with Gasteiger partial charge in [0.05, 0.1) is 5.60 Å². The summed E-state index contributed by atoms with van der Waals surface area (Å²) in [6.07, 6.45) is 6.19. The molecule has 1 N–H and O–H groups in total. The van der Waals surface area contributed by atoms with Gasteiger partial charge in [0, 0.05) is 12.5 Å². The summed E-state index contributed by atoms with van der Waals surface area (Å²) in [4.78, 5) is 0. The lowest BCUT2D eigenvalue weighted by atomic mass is 9.50. The summed E-state index contributed by atoms with van der Waals surface area (Å²) < 4.78 is 6.88. The Morgan fingerprint density at radius 3 is 1.78 bits per heavy atom. The molecular weight excluding hydrogens is 300 g/mol. The molecule has 4 aliphatic carbocycles. The summed E-state index contributed by atoms with van der Waals surface area (Å²) in [6, 6.07) is 0. The van der Waals surface area contributed by atoms with Gasteiger partial charge in [0.1, 0.15) is 0 Å². The van der Waals surface area contributed by atoms with Gasteiger partial charge in [-0.15, -0.1) is 0 Å². The van der Waals surface area contributed by atoms with Crippen molar-refractivity contribution in [2.24, 2.45) is 23.7 Å². The van der Waals surface area contributed by atoms with E-state index in [-0.39, 0.29) is 0 Å². The first-order valence-electron chi connectivity index (χ1n) is 10.0. The minimum absolute atomic E-state index is 0.401. The predicted molar refractivity (Wildman–Crippen MR) is 99.0 cm³/mol. The topological polar surface area (TPSA) is 29.5 Å². The molecule has 4 fully saturated rings. The molecule has 0 saturated heterocycles. The van der Waals surface area contributed by atoms with E-state index in [9.17, 15) is 5.11 Å². The molecule has 2 nitrogen and oxygen atoms in total. The Morgan fingerprint density at radius 2 is 1.39 bits per heavy atom. The van der Waals surface area contributed by atoms with Crippen LogP contribution in [-0.4, -0.2) is 25.6 Å². The molecule has 0 radical (unpaired) electrons. The normalized spacial score (nSPS) is 39.9. The molecule has 0 aromatic carbocycles. The minimum atomic E-state index is -1.81. The van der Waals surface area contributed by atoms with Crippen molar-refractivity contribution in [3.63, 3.8) is 0 Å². The second-order valence-electron chi connectivity index (χ2n) is 9.95. The third-order valence-electron chi connectivity index (χ3n) is 7.70. The second-order valence-corrected chi connectivity index (χ2v) is 15.4. The second kappa shape index (κ2) is 6.14. The zero-order valence-corrected chi connectivity index (χ0v) is 17.1. The molecule has 3 unspecified atom stereocenters. The van der Waals surface area contributed by atoms with Gasteiger partial charge in [-0.2, -0.15) is 0 Å². The highest BCUT2D eigenvalue weighted by atomic mass is 28.4. The van der Waals surface area contributed by atoms with Crippen LogP contribution in [0.1, 0.15) is 73.6 Å². The van der Waals surface area contributed by atoms with Crippen LogP contribution in [0.3, 0.4) is 0 Å². The zero-order valence-electron chi connectivity index (χ0n) is 16.1. The van der Waals surface area contributed by atoms with Crippen molar-refractivity contribution in [2.75, 3.05) is 6.61 Å². The minimum Gasteiger partial charge on any atom is -0.416 e. The van der Waals surface area contributed by atoms with Gasteiger partial charge in [0.15, 0.2) is 8.32 Å². The van der Waals surface area contributed by atoms with Crippen LogP contribution >= 0.6 is 0 Å². The average molecular weight is 339 g/mol. The van der Waals surface area contributed by atoms with E-state index >= 15 is 0 Å². The van der Waals surface area contributed by atoms with Crippen molar-refractivity contribution in [3.8, 4) is 0 Å². The Kier molecular flexibility index (Phi) is 4.79. The molecular formula is C20H38O2Si. The van der Waals surface area contributed by atoms with Gasteiger partial charge < -0.3 is 9.53 Å². The fourth-order valence-electron chi connectivity index (χ4n) is 7.13. The Bertz CT molecular complexity index is 396. The highest BCUT2D eigenvalue weighted by Gasteiger charge is 2.57. The van der Waals surface area contributed by atoms with Crippen molar-refractivity contribution >= 4 is 8.32 Å². The molecule has 4 bridgehead atoms. The maximum atomic E-state index is 11.3. The van der Waals surface area contributed by atoms with Gasteiger partial charge in [-0.25, -0.2) is 0 Å². The summed E-state index contributed by atoms with van der Waals surface area (Å²) in [5, 5.41) is 11.3. The standard InChI is InChI=1S/C20H38O2Si/c1-13(2)23(14(3)4,15(5)6)22-12-19-18-8-16-7-17(9-18)11-20(19,21)10-16/h13-19,21H,7-12H2,1-6H3. The van der Waals surface area contributed by atoms with Gasteiger partial charge in [-0.05, 0) is 66.5 Å². The fraction of sp³-hybridized carbons (Fsp3) is 1.00. The van der Waals surface area contributed by atoms with E-state index in [1.807, 2.05) is 0 Å². The van der Waals surface area contributed by atoms with Crippen LogP contribution in [0, 0.1) is 23.7 Å². The van der Waals surface area contributed by atoms with Crippen molar-refractivity contribution in [1.29, 1.82) is 0 Å². The first-order valence-corrected chi connectivity index (χ1v) is 12.2. The SMILES string of the molecule is CC(C)[Si](OCC1C2CC3CC(C2)CC1(O)C3)(C(C)C)C(C)C. The van der Waals surface area contributed by atoms with Crippen LogP contribution in [0.4, 0.5) is 0 Å². The predicted octanol–water partition coefficient (Wildman–Crippen LogP) is 5.37. The zero-order chi connectivity index (χ0) is 17.0. The smallest absolute Gasteiger partial charge is 0.200 e. The molecule has 3 atom stereocenters. The monoisotopic (exact) mass is 338 g/mol.